The molecule has 0 saturated heterocycles. The number of carbonyl (C=O) groups excluding carboxylic acids is 1. The zero-order valence-corrected chi connectivity index (χ0v) is 13.6. The molecule has 0 radical (unpaired) electrons. The number of methoxy groups -OCH3 is 2. The van der Waals surface area contributed by atoms with Gasteiger partial charge < -0.3 is 9.47 Å². The van der Waals surface area contributed by atoms with Crippen LogP contribution in [-0.2, 0) is 16.0 Å². The highest BCUT2D eigenvalue weighted by Crippen LogP contribution is 2.26. The second-order valence-corrected chi connectivity index (χ2v) is 5.11. The van der Waals surface area contributed by atoms with Gasteiger partial charge in [-0.1, -0.05) is 6.07 Å². The Labute approximate surface area is 142 Å². The van der Waals surface area contributed by atoms with Crippen LogP contribution in [-0.4, -0.2) is 29.6 Å². The maximum absolute atomic E-state index is 13.6. The molecule has 0 spiro atoms. The lowest BCUT2D eigenvalue weighted by Crippen LogP contribution is -2.04. The summed E-state index contributed by atoms with van der Waals surface area (Å²) >= 11 is 0. The van der Waals surface area contributed by atoms with Gasteiger partial charge >= 0.3 is 5.97 Å². The van der Waals surface area contributed by atoms with E-state index in [2.05, 4.69) is 19.9 Å². The summed E-state index contributed by atoms with van der Waals surface area (Å²) in [5.74, 6) is -0.0211. The van der Waals surface area contributed by atoms with Crippen molar-refractivity contribution in [2.75, 3.05) is 14.2 Å². The van der Waals surface area contributed by atoms with Crippen molar-refractivity contribution in [1.82, 2.24) is 9.38 Å². The van der Waals surface area contributed by atoms with Crippen molar-refractivity contribution in [2.45, 2.75) is 6.42 Å². The number of aromatic nitrogens is 2. The van der Waals surface area contributed by atoms with Gasteiger partial charge in [-0.15, -0.1) is 10.2 Å². The molecule has 25 heavy (non-hydrogen) atoms. The van der Waals surface area contributed by atoms with Crippen LogP contribution in [0.4, 0.5) is 15.9 Å². The molecule has 0 fully saturated rings. The predicted molar refractivity (Wildman–Crippen MR) is 88.0 cm³/mol. The Morgan fingerprint density at radius 2 is 2.08 bits per heavy atom. The van der Waals surface area contributed by atoms with E-state index in [0.717, 1.165) is 0 Å². The highest BCUT2D eigenvalue weighted by molar-refractivity contribution is 5.74. The molecule has 0 saturated carbocycles. The Morgan fingerprint density at radius 3 is 2.84 bits per heavy atom. The van der Waals surface area contributed by atoms with Crippen molar-refractivity contribution in [2.24, 2.45) is 10.2 Å². The van der Waals surface area contributed by atoms with E-state index in [4.69, 9.17) is 4.74 Å². The van der Waals surface area contributed by atoms with Gasteiger partial charge in [0.05, 0.1) is 32.0 Å². The van der Waals surface area contributed by atoms with E-state index in [1.54, 1.807) is 31.4 Å². The summed E-state index contributed by atoms with van der Waals surface area (Å²) in [6.45, 7) is 0. The number of nitrogens with zero attached hydrogens (tertiary/aromatic N) is 4. The number of imidazole rings is 1. The molecule has 0 unspecified atom stereocenters. The number of hydrogen-bond donors (Lipinski definition) is 0. The number of carbonyl (C=O) groups is 1. The Kier molecular flexibility index (Phi) is 4.69. The minimum Gasteiger partial charge on any atom is -0.497 e. The number of esters is 1. The monoisotopic (exact) mass is 342 g/mol. The van der Waals surface area contributed by atoms with Crippen molar-refractivity contribution < 1.29 is 18.7 Å². The van der Waals surface area contributed by atoms with Gasteiger partial charge in [0.15, 0.2) is 5.82 Å². The third-order valence-corrected chi connectivity index (χ3v) is 3.48. The van der Waals surface area contributed by atoms with Gasteiger partial charge in [-0.25, -0.2) is 9.37 Å². The lowest BCUT2D eigenvalue weighted by atomic mass is 10.3. The standard InChI is InChI=1S/C17H15FN4O3/c1-24-13-5-3-4-12(8-13)20-21-17-14(9-16(23)25-2)19-15-7-6-11(18)10-22(15)17/h3-8,10H,9H2,1-2H3. The fourth-order valence-corrected chi connectivity index (χ4v) is 2.27. The second-order valence-electron chi connectivity index (χ2n) is 5.11. The molecule has 0 bridgehead atoms. The van der Waals surface area contributed by atoms with Crippen LogP contribution in [0.2, 0.25) is 0 Å². The van der Waals surface area contributed by atoms with Crippen LogP contribution in [0.25, 0.3) is 5.65 Å². The zero-order valence-electron chi connectivity index (χ0n) is 13.6. The molecule has 1 aromatic carbocycles. The average molecular weight is 342 g/mol. The predicted octanol–water partition coefficient (Wildman–Crippen LogP) is 3.61. The van der Waals surface area contributed by atoms with Crippen LogP contribution in [0.1, 0.15) is 5.69 Å². The van der Waals surface area contributed by atoms with E-state index >= 15 is 0 Å². The summed E-state index contributed by atoms with van der Waals surface area (Å²) in [4.78, 5) is 15.9. The molecular formula is C17H15FN4O3. The Morgan fingerprint density at radius 1 is 1.24 bits per heavy atom. The first-order chi connectivity index (χ1) is 12.1. The highest BCUT2D eigenvalue weighted by Gasteiger charge is 2.16. The van der Waals surface area contributed by atoms with Gasteiger partial charge in [0, 0.05) is 12.3 Å². The molecule has 0 aliphatic rings. The van der Waals surface area contributed by atoms with Gasteiger partial charge in [-0.3, -0.25) is 9.20 Å². The molecule has 3 rings (SSSR count). The first-order valence-electron chi connectivity index (χ1n) is 7.40. The minimum atomic E-state index is -0.471. The van der Waals surface area contributed by atoms with Crippen molar-refractivity contribution in [3.8, 4) is 5.75 Å². The van der Waals surface area contributed by atoms with Crippen molar-refractivity contribution >= 4 is 23.1 Å². The lowest BCUT2D eigenvalue weighted by molar-refractivity contribution is -0.139. The Balaban J connectivity index is 2.05. The third-order valence-electron chi connectivity index (χ3n) is 3.48. The number of ether oxygens (including phenoxy) is 2. The highest BCUT2D eigenvalue weighted by atomic mass is 19.1. The molecule has 0 N–H and O–H groups in total. The van der Waals surface area contributed by atoms with Crippen LogP contribution in [0.3, 0.4) is 0 Å². The molecule has 0 atom stereocenters. The Hall–Kier alpha value is -3.29. The van der Waals surface area contributed by atoms with Crippen LogP contribution in [0.15, 0.2) is 52.8 Å². The van der Waals surface area contributed by atoms with Gasteiger partial charge in [-0.05, 0) is 24.3 Å². The van der Waals surface area contributed by atoms with Gasteiger partial charge in [0.2, 0.25) is 0 Å². The normalized spacial score (nSPS) is 11.2. The van der Waals surface area contributed by atoms with Crippen LogP contribution < -0.4 is 4.74 Å². The number of hydrogen-bond acceptors (Lipinski definition) is 6. The van der Waals surface area contributed by atoms with E-state index in [1.165, 1.54) is 29.8 Å². The van der Waals surface area contributed by atoms with Gasteiger partial charge in [0.1, 0.15) is 17.2 Å². The third kappa shape index (κ3) is 3.63. The van der Waals surface area contributed by atoms with Gasteiger partial charge in [-0.2, -0.15) is 0 Å². The topological polar surface area (TPSA) is 77.5 Å². The average Bonchev–Trinajstić information content (AvgIpc) is 2.96. The van der Waals surface area contributed by atoms with E-state index in [9.17, 15) is 9.18 Å². The SMILES string of the molecule is COC(=O)Cc1nc2ccc(F)cn2c1N=Nc1cccc(OC)c1. The molecule has 7 nitrogen and oxygen atoms in total. The first kappa shape index (κ1) is 16.6. The summed E-state index contributed by atoms with van der Waals surface area (Å²) in [5, 5.41) is 8.30. The van der Waals surface area contributed by atoms with E-state index in [0.29, 0.717) is 22.8 Å². The lowest BCUT2D eigenvalue weighted by Gasteiger charge is -2.00. The molecule has 0 aliphatic carbocycles. The maximum atomic E-state index is 13.6. The quantitative estimate of drug-likeness (QED) is 0.524. The van der Waals surface area contributed by atoms with Crippen LogP contribution >= 0.6 is 0 Å². The summed E-state index contributed by atoms with van der Waals surface area (Å²) in [7, 11) is 2.84. The van der Waals surface area contributed by atoms with Crippen molar-refractivity contribution in [3.05, 3.63) is 54.1 Å². The molecule has 2 aromatic heterocycles. The molecule has 128 valence electrons. The number of fused-ring (bicyclic) bond motifs is 1. The molecular weight excluding hydrogens is 327 g/mol. The number of benzene rings is 1. The van der Waals surface area contributed by atoms with E-state index in [1.807, 2.05) is 0 Å². The number of pyridine rings is 1. The number of halogens is 1. The van der Waals surface area contributed by atoms with Crippen LogP contribution in [0.5, 0.6) is 5.75 Å². The van der Waals surface area contributed by atoms with Crippen LogP contribution in [0, 0.1) is 5.82 Å². The second kappa shape index (κ2) is 7.08. The fourth-order valence-electron chi connectivity index (χ4n) is 2.27. The summed E-state index contributed by atoms with van der Waals surface area (Å²) in [6.07, 6.45) is 1.15. The number of azo groups is 1. The molecule has 0 amide bonds. The van der Waals surface area contributed by atoms with Crippen molar-refractivity contribution in [1.29, 1.82) is 0 Å². The van der Waals surface area contributed by atoms with Crippen molar-refractivity contribution in [3.63, 3.8) is 0 Å². The molecule has 8 heteroatoms. The van der Waals surface area contributed by atoms with Gasteiger partial charge in [0.25, 0.3) is 0 Å². The maximum Gasteiger partial charge on any atom is 0.311 e. The van der Waals surface area contributed by atoms with E-state index in [-0.39, 0.29) is 12.2 Å². The van der Waals surface area contributed by atoms with E-state index < -0.39 is 11.8 Å². The zero-order chi connectivity index (χ0) is 17.8. The molecule has 3 aromatic rings. The summed E-state index contributed by atoms with van der Waals surface area (Å²) < 4.78 is 24.8. The number of rotatable bonds is 5. The first-order valence-corrected chi connectivity index (χ1v) is 7.40. The minimum absolute atomic E-state index is 0.0910. The molecule has 0 aliphatic heterocycles. The largest absolute Gasteiger partial charge is 0.497 e. The Bertz CT molecular complexity index is 952. The fraction of sp³-hybridized carbons (Fsp3) is 0.176. The smallest absolute Gasteiger partial charge is 0.311 e. The molecule has 2 heterocycles. The summed E-state index contributed by atoms with van der Waals surface area (Å²) in [6, 6.07) is 9.79. The summed E-state index contributed by atoms with van der Waals surface area (Å²) in [5.41, 5.74) is 1.36.